The number of aryl methyl sites for hydroxylation is 1. The Bertz CT molecular complexity index is 773. The number of oxazole rings is 1. The molecule has 1 aromatic heterocycles. The van der Waals surface area contributed by atoms with Crippen molar-refractivity contribution in [1.29, 1.82) is 0 Å². The minimum atomic E-state index is -0.251. The Morgan fingerprint density at radius 1 is 1.36 bits per heavy atom. The van der Waals surface area contributed by atoms with Gasteiger partial charge in [-0.2, -0.15) is 0 Å². The molecule has 4 rings (SSSR count). The van der Waals surface area contributed by atoms with Crippen LogP contribution in [0.4, 0.5) is 0 Å². The molecule has 1 fully saturated rings. The van der Waals surface area contributed by atoms with E-state index in [2.05, 4.69) is 9.88 Å². The van der Waals surface area contributed by atoms with E-state index in [4.69, 9.17) is 18.6 Å². The van der Waals surface area contributed by atoms with Crippen molar-refractivity contribution < 1.29 is 23.7 Å². The van der Waals surface area contributed by atoms with Crippen molar-refractivity contribution in [2.24, 2.45) is 0 Å². The average Bonchev–Trinajstić information content (AvgIpc) is 3.21. The van der Waals surface area contributed by atoms with Crippen molar-refractivity contribution >= 4 is 0 Å². The quantitative estimate of drug-likeness (QED) is 0.910. The molecule has 0 saturated carbocycles. The van der Waals surface area contributed by atoms with Gasteiger partial charge in [-0.05, 0) is 38.4 Å². The van der Waals surface area contributed by atoms with Gasteiger partial charge in [0.2, 0.25) is 18.4 Å². The summed E-state index contributed by atoms with van der Waals surface area (Å²) < 4.78 is 22.1. The first kappa shape index (κ1) is 16.2. The highest BCUT2D eigenvalue weighted by atomic mass is 16.7. The fourth-order valence-electron chi connectivity index (χ4n) is 3.34. The van der Waals surface area contributed by atoms with Crippen LogP contribution in [0.2, 0.25) is 0 Å². The molecule has 1 saturated heterocycles. The van der Waals surface area contributed by atoms with Crippen LogP contribution in [0.25, 0.3) is 11.5 Å². The normalized spacial score (nSPS) is 20.0. The molecule has 7 nitrogen and oxygen atoms in total. The molecule has 1 atom stereocenters. The number of likely N-dealkylation sites (tertiary alicyclic amines) is 1. The summed E-state index contributed by atoms with van der Waals surface area (Å²) in [6.45, 7) is 4.42. The maximum atomic E-state index is 9.83. The van der Waals surface area contributed by atoms with Crippen molar-refractivity contribution in [3.05, 3.63) is 23.6 Å². The third kappa shape index (κ3) is 3.17. The molecule has 0 aliphatic carbocycles. The third-order valence-electron chi connectivity index (χ3n) is 4.65. The summed E-state index contributed by atoms with van der Waals surface area (Å²) in [5.41, 5.74) is 1.68. The summed E-state index contributed by atoms with van der Waals surface area (Å²) in [5, 5.41) is 9.83. The Balaban J connectivity index is 1.60. The molecule has 1 aromatic carbocycles. The first-order valence-electron chi connectivity index (χ1n) is 8.49. The monoisotopic (exact) mass is 346 g/mol. The van der Waals surface area contributed by atoms with Crippen LogP contribution < -0.4 is 14.2 Å². The molecular weight excluding hydrogens is 324 g/mol. The Hall–Kier alpha value is -2.25. The minimum Gasteiger partial charge on any atom is -0.493 e. The summed E-state index contributed by atoms with van der Waals surface area (Å²) in [6.07, 6.45) is 1.62. The van der Waals surface area contributed by atoms with Crippen LogP contribution in [0.3, 0.4) is 0 Å². The molecule has 3 heterocycles. The first-order valence-corrected chi connectivity index (χ1v) is 8.49. The van der Waals surface area contributed by atoms with Crippen molar-refractivity contribution in [3.63, 3.8) is 0 Å². The summed E-state index contributed by atoms with van der Waals surface area (Å²) in [6, 6.07) is 3.69. The van der Waals surface area contributed by atoms with Gasteiger partial charge in [-0.3, -0.25) is 4.90 Å². The van der Waals surface area contributed by atoms with E-state index in [-0.39, 0.29) is 12.9 Å². The molecule has 2 aliphatic heterocycles. The van der Waals surface area contributed by atoms with Gasteiger partial charge in [-0.15, -0.1) is 0 Å². The second kappa shape index (κ2) is 6.57. The molecular formula is C18H22N2O5. The molecule has 134 valence electrons. The van der Waals surface area contributed by atoms with E-state index in [0.717, 1.165) is 36.4 Å². The summed E-state index contributed by atoms with van der Waals surface area (Å²) >= 11 is 0. The number of β-amino-alcohol motifs (C(OH)–C–C–N with tert-alkyl or cyclic N) is 1. The predicted molar refractivity (Wildman–Crippen MR) is 89.9 cm³/mol. The van der Waals surface area contributed by atoms with Gasteiger partial charge in [-0.25, -0.2) is 4.98 Å². The smallest absolute Gasteiger partial charge is 0.231 e. The zero-order valence-corrected chi connectivity index (χ0v) is 14.4. The van der Waals surface area contributed by atoms with Crippen molar-refractivity contribution in [3.8, 4) is 28.7 Å². The van der Waals surface area contributed by atoms with Crippen molar-refractivity contribution in [1.82, 2.24) is 9.88 Å². The van der Waals surface area contributed by atoms with Crippen LogP contribution in [0, 0.1) is 6.92 Å². The fraction of sp³-hybridized carbons (Fsp3) is 0.500. The van der Waals surface area contributed by atoms with Gasteiger partial charge >= 0.3 is 0 Å². The second-order valence-electron chi connectivity index (χ2n) is 6.47. The molecule has 2 aliphatic rings. The number of nitrogens with zero attached hydrogens (tertiary/aromatic N) is 2. The largest absolute Gasteiger partial charge is 0.493 e. The van der Waals surface area contributed by atoms with Gasteiger partial charge in [0, 0.05) is 18.7 Å². The average molecular weight is 346 g/mol. The van der Waals surface area contributed by atoms with Gasteiger partial charge in [0.25, 0.3) is 0 Å². The van der Waals surface area contributed by atoms with Crippen molar-refractivity contribution in [2.75, 3.05) is 27.0 Å². The Morgan fingerprint density at radius 3 is 3.04 bits per heavy atom. The number of benzene rings is 1. The van der Waals surface area contributed by atoms with E-state index in [1.807, 2.05) is 19.1 Å². The lowest BCUT2D eigenvalue weighted by Crippen LogP contribution is -2.37. The summed E-state index contributed by atoms with van der Waals surface area (Å²) in [5.74, 6) is 3.15. The zero-order chi connectivity index (χ0) is 17.4. The van der Waals surface area contributed by atoms with Crippen LogP contribution in [-0.4, -0.2) is 48.1 Å². The van der Waals surface area contributed by atoms with E-state index in [1.54, 1.807) is 7.11 Å². The van der Waals surface area contributed by atoms with Crippen LogP contribution in [0.1, 0.15) is 24.3 Å². The number of methoxy groups -OCH3 is 1. The second-order valence-corrected chi connectivity index (χ2v) is 6.47. The number of hydrogen-bond acceptors (Lipinski definition) is 7. The number of hydrogen-bond donors (Lipinski definition) is 1. The molecule has 0 radical (unpaired) electrons. The highest BCUT2D eigenvalue weighted by Gasteiger charge is 2.24. The lowest BCUT2D eigenvalue weighted by atomic mass is 10.1. The summed E-state index contributed by atoms with van der Waals surface area (Å²) in [7, 11) is 1.59. The minimum absolute atomic E-state index is 0.183. The third-order valence-corrected chi connectivity index (χ3v) is 4.65. The molecule has 1 N–H and O–H groups in total. The van der Waals surface area contributed by atoms with Gasteiger partial charge in [0.05, 0.1) is 18.9 Å². The molecule has 0 bridgehead atoms. The Kier molecular flexibility index (Phi) is 4.27. The first-order chi connectivity index (χ1) is 12.1. The van der Waals surface area contributed by atoms with Gasteiger partial charge in [-0.1, -0.05) is 0 Å². The zero-order valence-electron chi connectivity index (χ0n) is 14.4. The number of aliphatic hydroxyl groups excluding tert-OH is 1. The van der Waals surface area contributed by atoms with E-state index in [9.17, 15) is 5.11 Å². The number of fused-ring (bicyclic) bond motifs is 1. The molecule has 0 unspecified atom stereocenters. The topological polar surface area (TPSA) is 77.2 Å². The molecule has 0 spiro atoms. The fourth-order valence-corrected chi connectivity index (χ4v) is 3.34. The highest BCUT2D eigenvalue weighted by Crippen LogP contribution is 2.44. The van der Waals surface area contributed by atoms with Gasteiger partial charge in [0.1, 0.15) is 5.76 Å². The van der Waals surface area contributed by atoms with Crippen molar-refractivity contribution in [2.45, 2.75) is 32.4 Å². The van der Waals surface area contributed by atoms with E-state index >= 15 is 0 Å². The summed E-state index contributed by atoms with van der Waals surface area (Å²) in [4.78, 5) is 6.87. The number of aromatic nitrogens is 1. The maximum absolute atomic E-state index is 9.83. The number of aliphatic hydroxyl groups is 1. The van der Waals surface area contributed by atoms with Crippen LogP contribution in [-0.2, 0) is 6.54 Å². The van der Waals surface area contributed by atoms with E-state index < -0.39 is 0 Å². The van der Waals surface area contributed by atoms with Gasteiger partial charge < -0.3 is 23.7 Å². The Morgan fingerprint density at radius 2 is 2.24 bits per heavy atom. The van der Waals surface area contributed by atoms with Crippen LogP contribution in [0.5, 0.6) is 17.2 Å². The molecule has 2 aromatic rings. The molecule has 25 heavy (non-hydrogen) atoms. The van der Waals surface area contributed by atoms with Crippen LogP contribution in [0.15, 0.2) is 16.5 Å². The number of piperidine rings is 1. The SMILES string of the molecule is COc1cc(-c2nc(CN3CCC[C@@H](O)C3)c(C)o2)cc2c1OCO2. The standard InChI is InChI=1S/C18H22N2O5/c1-11-14(9-20-5-3-4-13(21)8-20)19-18(25-11)12-6-15(22-2)17-16(7-12)23-10-24-17/h6-7,13,21H,3-5,8-10H2,1-2H3/t13-/m1/s1. The van der Waals surface area contributed by atoms with E-state index in [0.29, 0.717) is 36.2 Å². The Labute approximate surface area is 146 Å². The number of ether oxygens (including phenoxy) is 3. The molecule has 7 heteroatoms. The predicted octanol–water partition coefficient (Wildman–Crippen LogP) is 2.34. The van der Waals surface area contributed by atoms with Gasteiger partial charge in [0.15, 0.2) is 11.5 Å². The van der Waals surface area contributed by atoms with Crippen LogP contribution >= 0.6 is 0 Å². The number of rotatable bonds is 4. The maximum Gasteiger partial charge on any atom is 0.231 e. The lowest BCUT2D eigenvalue weighted by Gasteiger charge is -2.29. The lowest BCUT2D eigenvalue weighted by molar-refractivity contribution is 0.0660. The van der Waals surface area contributed by atoms with E-state index in [1.165, 1.54) is 0 Å². The highest BCUT2D eigenvalue weighted by molar-refractivity contribution is 5.66. The molecule has 0 amide bonds.